The fourth-order valence-electron chi connectivity index (χ4n) is 1.19. The quantitative estimate of drug-likeness (QED) is 0.814. The lowest BCUT2D eigenvalue weighted by Crippen LogP contribution is -2.11. The molecule has 1 aromatic carbocycles. The summed E-state index contributed by atoms with van der Waals surface area (Å²) in [4.78, 5) is 21.6. The summed E-state index contributed by atoms with van der Waals surface area (Å²) in [5, 5.41) is 11.1. The molecule has 1 rings (SSSR count). The summed E-state index contributed by atoms with van der Waals surface area (Å²) in [6, 6.07) is 7.45. The SMILES string of the molecule is O=C(O)CCCC(=O)Nc1cccc(I)c1. The van der Waals surface area contributed by atoms with E-state index < -0.39 is 5.97 Å². The molecule has 1 aromatic rings. The molecule has 0 aromatic heterocycles. The van der Waals surface area contributed by atoms with Crippen LogP contribution in [0.2, 0.25) is 0 Å². The van der Waals surface area contributed by atoms with Crippen LogP contribution in [0.3, 0.4) is 0 Å². The smallest absolute Gasteiger partial charge is 0.303 e. The fraction of sp³-hybridized carbons (Fsp3) is 0.273. The maximum atomic E-state index is 11.4. The van der Waals surface area contributed by atoms with Crippen LogP contribution in [0, 0.1) is 3.57 Å². The van der Waals surface area contributed by atoms with Gasteiger partial charge in [0.25, 0.3) is 0 Å². The van der Waals surface area contributed by atoms with Crippen molar-refractivity contribution in [3.8, 4) is 0 Å². The second-order valence-electron chi connectivity index (χ2n) is 3.31. The van der Waals surface area contributed by atoms with E-state index in [1.165, 1.54) is 0 Å². The number of carboxylic acid groups (broad SMARTS) is 1. The monoisotopic (exact) mass is 333 g/mol. The number of amides is 1. The Morgan fingerprint density at radius 3 is 2.69 bits per heavy atom. The number of aliphatic carboxylic acids is 1. The number of carboxylic acids is 1. The van der Waals surface area contributed by atoms with Gasteiger partial charge in [-0.25, -0.2) is 0 Å². The van der Waals surface area contributed by atoms with Gasteiger partial charge in [-0.15, -0.1) is 0 Å². The Balaban J connectivity index is 2.37. The van der Waals surface area contributed by atoms with Crippen LogP contribution in [0.4, 0.5) is 5.69 Å². The average Bonchev–Trinajstić information content (AvgIpc) is 2.16. The highest BCUT2D eigenvalue weighted by molar-refractivity contribution is 14.1. The van der Waals surface area contributed by atoms with Gasteiger partial charge in [0.15, 0.2) is 0 Å². The molecule has 0 spiro atoms. The van der Waals surface area contributed by atoms with Gasteiger partial charge in [0.2, 0.25) is 5.91 Å². The maximum Gasteiger partial charge on any atom is 0.303 e. The van der Waals surface area contributed by atoms with E-state index in [9.17, 15) is 9.59 Å². The number of carbonyl (C=O) groups excluding carboxylic acids is 1. The minimum absolute atomic E-state index is 0.0275. The second-order valence-corrected chi connectivity index (χ2v) is 4.55. The predicted molar refractivity (Wildman–Crippen MR) is 69.3 cm³/mol. The van der Waals surface area contributed by atoms with E-state index in [0.29, 0.717) is 6.42 Å². The zero-order valence-corrected chi connectivity index (χ0v) is 10.7. The summed E-state index contributed by atoms with van der Waals surface area (Å²) in [5.74, 6) is -1.02. The number of hydrogen-bond acceptors (Lipinski definition) is 2. The van der Waals surface area contributed by atoms with Gasteiger partial charge in [0, 0.05) is 22.1 Å². The van der Waals surface area contributed by atoms with Gasteiger partial charge in [-0.1, -0.05) is 6.07 Å². The molecule has 0 saturated heterocycles. The van der Waals surface area contributed by atoms with Gasteiger partial charge >= 0.3 is 5.97 Å². The molecule has 1 amide bonds. The first kappa shape index (κ1) is 13.0. The van der Waals surface area contributed by atoms with Crippen LogP contribution in [-0.2, 0) is 9.59 Å². The highest BCUT2D eigenvalue weighted by Crippen LogP contribution is 2.12. The highest BCUT2D eigenvalue weighted by atomic mass is 127. The number of halogens is 1. The molecular weight excluding hydrogens is 321 g/mol. The Hall–Kier alpha value is -1.11. The van der Waals surface area contributed by atoms with E-state index in [1.54, 1.807) is 6.07 Å². The van der Waals surface area contributed by atoms with Crippen LogP contribution in [-0.4, -0.2) is 17.0 Å². The topological polar surface area (TPSA) is 66.4 Å². The zero-order valence-electron chi connectivity index (χ0n) is 8.57. The summed E-state index contributed by atoms with van der Waals surface area (Å²) in [7, 11) is 0. The van der Waals surface area contributed by atoms with Crippen molar-refractivity contribution in [3.05, 3.63) is 27.8 Å². The van der Waals surface area contributed by atoms with Crippen molar-refractivity contribution in [1.29, 1.82) is 0 Å². The molecule has 0 aliphatic rings. The van der Waals surface area contributed by atoms with Gasteiger partial charge in [-0.2, -0.15) is 0 Å². The van der Waals surface area contributed by atoms with Crippen LogP contribution in [0.1, 0.15) is 19.3 Å². The molecule has 86 valence electrons. The Labute approximate surface area is 107 Å². The lowest BCUT2D eigenvalue weighted by Gasteiger charge is -2.04. The highest BCUT2D eigenvalue weighted by Gasteiger charge is 2.04. The van der Waals surface area contributed by atoms with Crippen LogP contribution in [0.15, 0.2) is 24.3 Å². The number of carbonyl (C=O) groups is 2. The Morgan fingerprint density at radius 2 is 2.06 bits per heavy atom. The van der Waals surface area contributed by atoms with Crippen LogP contribution >= 0.6 is 22.6 Å². The molecular formula is C11H12INO3. The van der Waals surface area contributed by atoms with Gasteiger partial charge in [-0.05, 0) is 47.2 Å². The molecule has 0 aliphatic carbocycles. The summed E-state index contributed by atoms with van der Waals surface area (Å²) < 4.78 is 1.04. The first-order valence-electron chi connectivity index (χ1n) is 4.85. The second kappa shape index (κ2) is 6.47. The van der Waals surface area contributed by atoms with E-state index in [2.05, 4.69) is 27.9 Å². The van der Waals surface area contributed by atoms with E-state index in [-0.39, 0.29) is 18.7 Å². The van der Waals surface area contributed by atoms with E-state index in [4.69, 9.17) is 5.11 Å². The van der Waals surface area contributed by atoms with Crippen LogP contribution < -0.4 is 5.32 Å². The summed E-state index contributed by atoms with van der Waals surface area (Å²) in [5.41, 5.74) is 0.743. The van der Waals surface area contributed by atoms with E-state index in [0.717, 1.165) is 9.26 Å². The average molecular weight is 333 g/mol. The predicted octanol–water partition coefficient (Wildman–Crippen LogP) is 2.48. The number of rotatable bonds is 5. The van der Waals surface area contributed by atoms with Crippen LogP contribution in [0.5, 0.6) is 0 Å². The first-order valence-corrected chi connectivity index (χ1v) is 5.93. The summed E-state index contributed by atoms with van der Waals surface area (Å²) in [6.45, 7) is 0. The molecule has 0 atom stereocenters. The minimum Gasteiger partial charge on any atom is -0.481 e. The zero-order chi connectivity index (χ0) is 12.0. The largest absolute Gasteiger partial charge is 0.481 e. The van der Waals surface area contributed by atoms with Gasteiger partial charge in [0.1, 0.15) is 0 Å². The molecule has 0 saturated carbocycles. The molecule has 0 aliphatic heterocycles. The maximum absolute atomic E-state index is 11.4. The Morgan fingerprint density at radius 1 is 1.31 bits per heavy atom. The molecule has 0 unspecified atom stereocenters. The molecule has 0 heterocycles. The summed E-state index contributed by atoms with van der Waals surface area (Å²) in [6.07, 6.45) is 0.628. The van der Waals surface area contributed by atoms with Crippen molar-refractivity contribution in [2.24, 2.45) is 0 Å². The molecule has 5 heteroatoms. The Kier molecular flexibility index (Phi) is 5.24. The molecule has 2 N–H and O–H groups in total. The number of benzene rings is 1. The van der Waals surface area contributed by atoms with Crippen molar-refractivity contribution in [1.82, 2.24) is 0 Å². The fourth-order valence-corrected chi connectivity index (χ4v) is 1.73. The normalized spacial score (nSPS) is 9.81. The third kappa shape index (κ3) is 5.11. The minimum atomic E-state index is -0.873. The van der Waals surface area contributed by atoms with Crippen molar-refractivity contribution < 1.29 is 14.7 Å². The first-order chi connectivity index (χ1) is 7.58. The molecule has 0 fully saturated rings. The number of anilines is 1. The van der Waals surface area contributed by atoms with Crippen molar-refractivity contribution in [3.63, 3.8) is 0 Å². The number of hydrogen-bond donors (Lipinski definition) is 2. The van der Waals surface area contributed by atoms with Crippen LogP contribution in [0.25, 0.3) is 0 Å². The summed E-state index contributed by atoms with van der Waals surface area (Å²) >= 11 is 2.16. The number of nitrogens with one attached hydrogen (secondary N) is 1. The standard InChI is InChI=1S/C11H12INO3/c12-8-3-1-4-9(7-8)13-10(14)5-2-6-11(15)16/h1,3-4,7H,2,5-6H2,(H,13,14)(H,15,16). The lowest BCUT2D eigenvalue weighted by atomic mass is 10.2. The van der Waals surface area contributed by atoms with E-state index >= 15 is 0 Å². The van der Waals surface area contributed by atoms with Crippen molar-refractivity contribution in [2.75, 3.05) is 5.32 Å². The third-order valence-electron chi connectivity index (χ3n) is 1.90. The molecule has 16 heavy (non-hydrogen) atoms. The molecule has 4 nitrogen and oxygen atoms in total. The van der Waals surface area contributed by atoms with Gasteiger partial charge in [0.05, 0.1) is 0 Å². The molecule has 0 radical (unpaired) electrons. The van der Waals surface area contributed by atoms with Crippen molar-refractivity contribution in [2.45, 2.75) is 19.3 Å². The Bertz CT molecular complexity index is 393. The van der Waals surface area contributed by atoms with E-state index in [1.807, 2.05) is 18.2 Å². The third-order valence-corrected chi connectivity index (χ3v) is 2.57. The molecule has 0 bridgehead atoms. The van der Waals surface area contributed by atoms with Crippen molar-refractivity contribution >= 4 is 40.2 Å². The lowest BCUT2D eigenvalue weighted by molar-refractivity contribution is -0.137. The van der Waals surface area contributed by atoms with Gasteiger partial charge < -0.3 is 10.4 Å². The van der Waals surface area contributed by atoms with Gasteiger partial charge in [-0.3, -0.25) is 9.59 Å².